The fraction of sp³-hybridized carbons (Fsp3) is 0.400. The van der Waals surface area contributed by atoms with E-state index in [1.54, 1.807) is 32.4 Å². The van der Waals surface area contributed by atoms with Gasteiger partial charge in [-0.25, -0.2) is 4.39 Å². The number of halogens is 1. The summed E-state index contributed by atoms with van der Waals surface area (Å²) in [6.07, 6.45) is -0.591. The number of carbonyl (C=O) groups is 3. The molecule has 0 aliphatic carbocycles. The van der Waals surface area contributed by atoms with Crippen LogP contribution in [0.4, 0.5) is 4.39 Å². The molecule has 2 aromatic rings. The lowest BCUT2D eigenvalue weighted by atomic mass is 9.75. The highest BCUT2D eigenvalue weighted by molar-refractivity contribution is 6.10. The Hall–Kier alpha value is -3.26. The second-order valence-electron chi connectivity index (χ2n) is 8.21. The number of hydrogen-bond donors (Lipinski definition) is 0. The molecule has 1 saturated heterocycles. The zero-order valence-corrected chi connectivity index (χ0v) is 19.3. The van der Waals surface area contributed by atoms with Crippen molar-refractivity contribution in [2.24, 2.45) is 0 Å². The average molecular weight is 457 g/mol. The summed E-state index contributed by atoms with van der Waals surface area (Å²) in [6.45, 7) is 2.08. The molecule has 2 atom stereocenters. The molecule has 8 heteroatoms. The summed E-state index contributed by atoms with van der Waals surface area (Å²) in [5.41, 5.74) is -0.662. The summed E-state index contributed by atoms with van der Waals surface area (Å²) in [5, 5.41) is 0. The predicted molar refractivity (Wildman–Crippen MR) is 120 cm³/mol. The lowest BCUT2D eigenvalue weighted by Crippen LogP contribution is -2.44. The number of hydrogen-bond acceptors (Lipinski definition) is 5. The monoisotopic (exact) mass is 456 g/mol. The van der Waals surface area contributed by atoms with E-state index in [2.05, 4.69) is 0 Å². The lowest BCUT2D eigenvalue weighted by molar-refractivity contribution is -0.143. The Morgan fingerprint density at radius 2 is 1.82 bits per heavy atom. The van der Waals surface area contributed by atoms with Gasteiger partial charge in [0, 0.05) is 32.6 Å². The van der Waals surface area contributed by atoms with E-state index in [9.17, 15) is 18.8 Å². The van der Waals surface area contributed by atoms with E-state index in [1.165, 1.54) is 30.2 Å². The van der Waals surface area contributed by atoms with Crippen LogP contribution in [-0.4, -0.2) is 61.9 Å². The van der Waals surface area contributed by atoms with Gasteiger partial charge >= 0.3 is 0 Å². The second kappa shape index (κ2) is 10.1. The predicted octanol–water partition coefficient (Wildman–Crippen LogP) is 3.09. The zero-order valence-electron chi connectivity index (χ0n) is 19.3. The van der Waals surface area contributed by atoms with Gasteiger partial charge in [0.1, 0.15) is 11.6 Å². The first kappa shape index (κ1) is 24.4. The fourth-order valence-electron chi connectivity index (χ4n) is 4.21. The number of nitrogens with zero attached hydrogens (tertiary/aromatic N) is 2. The van der Waals surface area contributed by atoms with E-state index in [1.807, 2.05) is 19.1 Å². The maximum absolute atomic E-state index is 14.9. The van der Waals surface area contributed by atoms with E-state index < -0.39 is 23.0 Å². The lowest BCUT2D eigenvalue weighted by Gasteiger charge is -2.32. The minimum Gasteiger partial charge on any atom is -0.497 e. The summed E-state index contributed by atoms with van der Waals surface area (Å²) in [6, 6.07) is 12.8. The highest BCUT2D eigenvalue weighted by Crippen LogP contribution is 2.41. The van der Waals surface area contributed by atoms with Crippen molar-refractivity contribution in [1.82, 2.24) is 9.80 Å². The molecule has 1 heterocycles. The number of rotatable bonds is 9. The number of benzene rings is 2. The van der Waals surface area contributed by atoms with E-state index in [4.69, 9.17) is 9.47 Å². The molecule has 1 fully saturated rings. The van der Waals surface area contributed by atoms with E-state index >= 15 is 0 Å². The first-order valence-corrected chi connectivity index (χ1v) is 10.7. The van der Waals surface area contributed by atoms with Gasteiger partial charge in [-0.3, -0.25) is 19.3 Å². The number of carbonyl (C=O) groups excluding carboxylic acids is 3. The molecule has 0 bridgehead atoms. The molecule has 0 aromatic heterocycles. The Labute approximate surface area is 193 Å². The number of methoxy groups -OCH3 is 2. The Balaban J connectivity index is 1.92. The van der Waals surface area contributed by atoms with Crippen LogP contribution in [0.25, 0.3) is 0 Å². The van der Waals surface area contributed by atoms with Gasteiger partial charge in [0.25, 0.3) is 0 Å². The third kappa shape index (κ3) is 4.75. The van der Waals surface area contributed by atoms with Crippen molar-refractivity contribution in [3.05, 3.63) is 65.5 Å². The molecule has 176 valence electrons. The Kier molecular flexibility index (Phi) is 7.48. The minimum atomic E-state index is -1.60. The molecule has 0 unspecified atom stereocenters. The third-order valence-electron chi connectivity index (χ3n) is 6.34. The summed E-state index contributed by atoms with van der Waals surface area (Å²) in [4.78, 5) is 42.2. The first-order chi connectivity index (χ1) is 15.7. The number of likely N-dealkylation sites (tertiary alicyclic amines) is 1. The summed E-state index contributed by atoms with van der Waals surface area (Å²) in [5.74, 6) is -1.31. The van der Waals surface area contributed by atoms with Crippen LogP contribution in [0.5, 0.6) is 5.75 Å². The highest BCUT2D eigenvalue weighted by Gasteiger charge is 2.55. The Bertz CT molecular complexity index is 1030. The summed E-state index contributed by atoms with van der Waals surface area (Å²) in [7, 11) is 4.68. The van der Waals surface area contributed by atoms with Gasteiger partial charge in [-0.1, -0.05) is 30.3 Å². The largest absolute Gasteiger partial charge is 0.497 e. The van der Waals surface area contributed by atoms with Gasteiger partial charge in [-0.2, -0.15) is 0 Å². The van der Waals surface area contributed by atoms with Crippen LogP contribution in [0.15, 0.2) is 48.5 Å². The van der Waals surface area contributed by atoms with E-state index in [0.717, 1.165) is 10.5 Å². The third-order valence-corrected chi connectivity index (χ3v) is 6.34. The van der Waals surface area contributed by atoms with Crippen molar-refractivity contribution < 1.29 is 28.2 Å². The minimum absolute atomic E-state index is 0.0522. The van der Waals surface area contributed by atoms with Crippen molar-refractivity contribution in [3.8, 4) is 5.75 Å². The number of amides is 3. The smallest absolute Gasteiger partial charge is 0.241 e. The van der Waals surface area contributed by atoms with Crippen LogP contribution in [0.2, 0.25) is 0 Å². The second-order valence-corrected chi connectivity index (χ2v) is 8.21. The molecular formula is C25H29FN2O5. The molecule has 0 radical (unpaired) electrons. The van der Waals surface area contributed by atoms with Gasteiger partial charge < -0.3 is 14.4 Å². The topological polar surface area (TPSA) is 76.2 Å². The Morgan fingerprint density at radius 3 is 2.42 bits per heavy atom. The normalized spacial score (nSPS) is 19.0. The molecule has 0 saturated carbocycles. The average Bonchev–Trinajstić information content (AvgIpc) is 3.06. The SMILES string of the molecule is COCCN1C(=O)C[C@@](CC(=O)N(C)[C@@H](C)c2ccc(OC)cc2)(c2ccccc2F)C1=O. The Morgan fingerprint density at radius 1 is 1.15 bits per heavy atom. The molecule has 33 heavy (non-hydrogen) atoms. The standard InChI is InChI=1S/C25H29FN2O5/c1-17(18-9-11-19(33-4)12-10-18)27(2)22(29)15-25(20-7-5-6-8-21(20)26)16-23(30)28(24(25)31)13-14-32-3/h5-12,17H,13-16H2,1-4H3/t17-,25-/m0/s1. The van der Waals surface area contributed by atoms with Crippen molar-refractivity contribution in [2.75, 3.05) is 34.4 Å². The number of imide groups is 1. The molecule has 3 rings (SSSR count). The zero-order chi connectivity index (χ0) is 24.2. The molecule has 1 aliphatic rings. The van der Waals surface area contributed by atoms with Crippen LogP contribution < -0.4 is 4.74 Å². The molecule has 3 amide bonds. The maximum atomic E-state index is 14.9. The molecular weight excluding hydrogens is 427 g/mol. The van der Waals surface area contributed by atoms with Gasteiger partial charge in [0.05, 0.1) is 31.7 Å². The van der Waals surface area contributed by atoms with Gasteiger partial charge in [0.2, 0.25) is 17.7 Å². The van der Waals surface area contributed by atoms with Gasteiger partial charge in [-0.05, 0) is 30.7 Å². The van der Waals surface area contributed by atoms with Crippen LogP contribution in [-0.2, 0) is 24.5 Å². The number of ether oxygens (including phenoxy) is 2. The summed E-state index contributed by atoms with van der Waals surface area (Å²) >= 11 is 0. The fourth-order valence-corrected chi connectivity index (χ4v) is 4.21. The highest BCUT2D eigenvalue weighted by atomic mass is 19.1. The van der Waals surface area contributed by atoms with Gasteiger partial charge in [0.15, 0.2) is 0 Å². The van der Waals surface area contributed by atoms with Crippen molar-refractivity contribution in [1.29, 1.82) is 0 Å². The van der Waals surface area contributed by atoms with E-state index in [0.29, 0.717) is 5.75 Å². The maximum Gasteiger partial charge on any atom is 0.241 e. The molecule has 2 aromatic carbocycles. The molecule has 1 aliphatic heterocycles. The molecule has 0 N–H and O–H groups in total. The quantitative estimate of drug-likeness (QED) is 0.542. The van der Waals surface area contributed by atoms with Crippen LogP contribution in [0, 0.1) is 5.82 Å². The van der Waals surface area contributed by atoms with Crippen LogP contribution in [0.3, 0.4) is 0 Å². The van der Waals surface area contributed by atoms with Crippen LogP contribution in [0.1, 0.15) is 36.9 Å². The van der Waals surface area contributed by atoms with Crippen molar-refractivity contribution in [2.45, 2.75) is 31.2 Å². The molecule has 7 nitrogen and oxygen atoms in total. The van der Waals surface area contributed by atoms with Crippen molar-refractivity contribution in [3.63, 3.8) is 0 Å². The first-order valence-electron chi connectivity index (χ1n) is 10.7. The van der Waals surface area contributed by atoms with E-state index in [-0.39, 0.29) is 43.5 Å². The molecule has 0 spiro atoms. The summed E-state index contributed by atoms with van der Waals surface area (Å²) < 4.78 is 25.1. The van der Waals surface area contributed by atoms with Crippen molar-refractivity contribution >= 4 is 17.7 Å². The van der Waals surface area contributed by atoms with Gasteiger partial charge in [-0.15, -0.1) is 0 Å². The van der Waals surface area contributed by atoms with Crippen LogP contribution >= 0.6 is 0 Å².